The molecule has 0 spiro atoms. The van der Waals surface area contributed by atoms with E-state index in [9.17, 15) is 9.59 Å². The van der Waals surface area contributed by atoms with Gasteiger partial charge < -0.3 is 10.6 Å². The monoisotopic (exact) mass is 346 g/mol. The highest BCUT2D eigenvalue weighted by molar-refractivity contribution is 6.03. The molecule has 130 valence electrons. The van der Waals surface area contributed by atoms with Crippen LogP contribution in [-0.4, -0.2) is 21.9 Å². The molecule has 0 aliphatic heterocycles. The summed E-state index contributed by atoms with van der Waals surface area (Å²) in [5.41, 5.74) is 2.40. The van der Waals surface area contributed by atoms with Gasteiger partial charge in [0.1, 0.15) is 5.82 Å². The third kappa shape index (κ3) is 4.51. The van der Waals surface area contributed by atoms with E-state index in [4.69, 9.17) is 0 Å². The molecule has 0 saturated heterocycles. The Morgan fingerprint density at radius 2 is 1.73 bits per heavy atom. The van der Waals surface area contributed by atoms with E-state index >= 15 is 0 Å². The Kier molecular flexibility index (Phi) is 5.34. The summed E-state index contributed by atoms with van der Waals surface area (Å²) in [6, 6.07) is 20.0. The summed E-state index contributed by atoms with van der Waals surface area (Å²) in [5, 5.41) is 13.8. The van der Waals surface area contributed by atoms with E-state index in [0.717, 1.165) is 5.56 Å². The zero-order valence-electron chi connectivity index (χ0n) is 14.3. The highest BCUT2D eigenvalue weighted by atomic mass is 16.2. The van der Waals surface area contributed by atoms with Gasteiger partial charge >= 0.3 is 0 Å². The number of nitrogens with one attached hydrogen (secondary N) is 2. The van der Waals surface area contributed by atoms with E-state index in [1.807, 2.05) is 30.3 Å². The van der Waals surface area contributed by atoms with Gasteiger partial charge in [-0.05, 0) is 36.8 Å². The minimum absolute atomic E-state index is 0.0604. The van der Waals surface area contributed by atoms with Crippen LogP contribution in [0.25, 0.3) is 0 Å². The van der Waals surface area contributed by atoms with Crippen molar-refractivity contribution < 1.29 is 9.59 Å². The molecule has 1 aromatic heterocycles. The predicted molar refractivity (Wildman–Crippen MR) is 100 cm³/mol. The predicted octanol–water partition coefficient (Wildman–Crippen LogP) is 3.54. The van der Waals surface area contributed by atoms with Crippen molar-refractivity contribution in [2.45, 2.75) is 13.5 Å². The van der Waals surface area contributed by atoms with Crippen LogP contribution in [0.2, 0.25) is 0 Å². The number of carbonyl (C=O) groups excluding carboxylic acids is 2. The van der Waals surface area contributed by atoms with Gasteiger partial charge in [-0.1, -0.05) is 42.5 Å². The molecule has 2 N–H and O–H groups in total. The van der Waals surface area contributed by atoms with Gasteiger partial charge in [0.25, 0.3) is 5.91 Å². The second-order valence-corrected chi connectivity index (χ2v) is 5.73. The van der Waals surface area contributed by atoms with Gasteiger partial charge in [0, 0.05) is 17.8 Å². The average Bonchev–Trinajstić information content (AvgIpc) is 2.68. The highest BCUT2D eigenvalue weighted by Gasteiger charge is 2.10. The number of nitrogens with zero attached hydrogens (tertiary/aromatic N) is 2. The minimum Gasteiger partial charge on any atom is -0.365 e. The van der Waals surface area contributed by atoms with Gasteiger partial charge in [0.05, 0.1) is 0 Å². The second-order valence-electron chi connectivity index (χ2n) is 5.73. The molecule has 6 nitrogen and oxygen atoms in total. The first-order valence-corrected chi connectivity index (χ1v) is 8.16. The molecule has 0 atom stereocenters. The van der Waals surface area contributed by atoms with Crippen LogP contribution in [0.5, 0.6) is 0 Å². The molecular weight excluding hydrogens is 328 g/mol. The number of carbonyl (C=O) groups is 2. The van der Waals surface area contributed by atoms with Crippen molar-refractivity contribution in [2.75, 3.05) is 10.6 Å². The molecule has 0 unspecified atom stereocenters. The lowest BCUT2D eigenvalue weighted by Crippen LogP contribution is -2.15. The van der Waals surface area contributed by atoms with Crippen LogP contribution < -0.4 is 10.6 Å². The molecule has 0 bridgehead atoms. The highest BCUT2D eigenvalue weighted by Crippen LogP contribution is 2.13. The quantitative estimate of drug-likeness (QED) is 0.667. The van der Waals surface area contributed by atoms with E-state index in [1.165, 1.54) is 6.92 Å². The van der Waals surface area contributed by atoms with Crippen LogP contribution in [0.1, 0.15) is 33.3 Å². The molecule has 26 heavy (non-hydrogen) atoms. The SMILES string of the molecule is CC(=O)c1cccc(NC(=O)c2ccc(NCc3ccccc3)nn2)c1. The molecule has 0 aliphatic rings. The standard InChI is InChI=1S/C20H18N4O2/c1-14(25)16-8-5-9-17(12-16)22-20(26)18-10-11-19(24-23-18)21-13-15-6-3-2-4-7-15/h2-12H,13H2,1H3,(H,21,24)(H,22,26). The van der Waals surface area contributed by atoms with Crippen molar-refractivity contribution >= 4 is 23.2 Å². The first kappa shape index (κ1) is 17.3. The second kappa shape index (κ2) is 8.02. The van der Waals surface area contributed by atoms with Crippen LogP contribution in [0, 0.1) is 0 Å². The van der Waals surface area contributed by atoms with E-state index < -0.39 is 0 Å². The van der Waals surface area contributed by atoms with E-state index in [2.05, 4.69) is 20.8 Å². The third-order valence-electron chi connectivity index (χ3n) is 3.74. The van der Waals surface area contributed by atoms with Crippen molar-refractivity contribution in [3.05, 3.63) is 83.6 Å². The fourth-order valence-electron chi connectivity index (χ4n) is 2.35. The number of benzene rings is 2. The number of hydrogen-bond donors (Lipinski definition) is 2. The van der Waals surface area contributed by atoms with Gasteiger partial charge in [-0.3, -0.25) is 9.59 Å². The molecule has 3 aromatic rings. The molecule has 1 heterocycles. The molecule has 6 heteroatoms. The molecule has 3 rings (SSSR count). The number of rotatable bonds is 6. The Labute approximate surface area is 151 Å². The number of anilines is 2. The summed E-state index contributed by atoms with van der Waals surface area (Å²) in [6.45, 7) is 2.10. The summed E-state index contributed by atoms with van der Waals surface area (Å²) in [4.78, 5) is 23.7. The smallest absolute Gasteiger partial charge is 0.276 e. The summed E-state index contributed by atoms with van der Waals surface area (Å²) < 4.78 is 0. The maximum atomic E-state index is 12.3. The summed E-state index contributed by atoms with van der Waals surface area (Å²) in [7, 11) is 0. The van der Waals surface area contributed by atoms with Crippen LogP contribution in [0.15, 0.2) is 66.7 Å². The molecule has 0 aliphatic carbocycles. The maximum Gasteiger partial charge on any atom is 0.276 e. The van der Waals surface area contributed by atoms with Crippen molar-refractivity contribution in [1.29, 1.82) is 0 Å². The first-order valence-electron chi connectivity index (χ1n) is 8.16. The Bertz CT molecular complexity index is 909. The lowest BCUT2D eigenvalue weighted by Gasteiger charge is -2.07. The summed E-state index contributed by atoms with van der Waals surface area (Å²) in [5.74, 6) is 0.145. The molecular formula is C20H18N4O2. The third-order valence-corrected chi connectivity index (χ3v) is 3.74. The van der Waals surface area contributed by atoms with Crippen LogP contribution in [0.4, 0.5) is 11.5 Å². The van der Waals surface area contributed by atoms with E-state index in [1.54, 1.807) is 36.4 Å². The number of ketones is 1. The largest absolute Gasteiger partial charge is 0.365 e. The number of hydrogen-bond acceptors (Lipinski definition) is 5. The van der Waals surface area contributed by atoms with Crippen molar-refractivity contribution in [1.82, 2.24) is 10.2 Å². The van der Waals surface area contributed by atoms with Gasteiger partial charge in [0.15, 0.2) is 11.5 Å². The number of Topliss-reactive ketones (excluding diaryl/α,β-unsaturated/α-hetero) is 1. The molecule has 1 amide bonds. The van der Waals surface area contributed by atoms with Gasteiger partial charge in [-0.15, -0.1) is 10.2 Å². The molecule has 0 fully saturated rings. The van der Waals surface area contributed by atoms with Gasteiger partial charge in [-0.2, -0.15) is 0 Å². The van der Waals surface area contributed by atoms with Crippen LogP contribution in [0.3, 0.4) is 0 Å². The van der Waals surface area contributed by atoms with Crippen molar-refractivity contribution in [3.8, 4) is 0 Å². The fourth-order valence-corrected chi connectivity index (χ4v) is 2.35. The number of aromatic nitrogens is 2. The topological polar surface area (TPSA) is 84.0 Å². The van der Waals surface area contributed by atoms with E-state index in [-0.39, 0.29) is 17.4 Å². The Morgan fingerprint density at radius 1 is 0.923 bits per heavy atom. The van der Waals surface area contributed by atoms with Crippen LogP contribution >= 0.6 is 0 Å². The van der Waals surface area contributed by atoms with Crippen LogP contribution in [-0.2, 0) is 6.54 Å². The Morgan fingerprint density at radius 3 is 2.42 bits per heavy atom. The van der Waals surface area contributed by atoms with Crippen molar-refractivity contribution in [2.24, 2.45) is 0 Å². The maximum absolute atomic E-state index is 12.3. The van der Waals surface area contributed by atoms with Crippen molar-refractivity contribution in [3.63, 3.8) is 0 Å². The molecule has 0 radical (unpaired) electrons. The minimum atomic E-state index is -0.382. The lowest BCUT2D eigenvalue weighted by molar-refractivity contribution is 0.100. The average molecular weight is 346 g/mol. The first-order chi connectivity index (χ1) is 12.6. The zero-order valence-corrected chi connectivity index (χ0v) is 14.3. The summed E-state index contributed by atoms with van der Waals surface area (Å²) in [6.07, 6.45) is 0. The Hall–Kier alpha value is -3.54. The molecule has 0 saturated carbocycles. The van der Waals surface area contributed by atoms with E-state index in [0.29, 0.717) is 23.6 Å². The lowest BCUT2D eigenvalue weighted by atomic mass is 10.1. The Balaban J connectivity index is 1.61. The zero-order chi connectivity index (χ0) is 18.4. The van der Waals surface area contributed by atoms with Gasteiger partial charge in [-0.25, -0.2) is 0 Å². The fraction of sp³-hybridized carbons (Fsp3) is 0.100. The normalized spacial score (nSPS) is 10.2. The van der Waals surface area contributed by atoms with Gasteiger partial charge in [0.2, 0.25) is 0 Å². The summed E-state index contributed by atoms with van der Waals surface area (Å²) >= 11 is 0. The molecule has 2 aromatic carbocycles. The number of amides is 1.